The smallest absolute Gasteiger partial charge is 0.275 e. The lowest BCUT2D eigenvalue weighted by atomic mass is 10.2. The number of fused-ring (bicyclic) bond motifs is 3. The van der Waals surface area contributed by atoms with Gasteiger partial charge in [0.05, 0.1) is 18.2 Å². The van der Waals surface area contributed by atoms with Gasteiger partial charge in [-0.3, -0.25) is 18.9 Å². The number of amides is 1. The van der Waals surface area contributed by atoms with Crippen molar-refractivity contribution >= 4 is 22.3 Å². The number of ether oxygens (including phenoxy) is 1. The van der Waals surface area contributed by atoms with Gasteiger partial charge in [-0.15, -0.1) is 0 Å². The van der Waals surface area contributed by atoms with Crippen molar-refractivity contribution in [3.8, 4) is 0 Å². The van der Waals surface area contributed by atoms with Crippen LogP contribution in [0, 0.1) is 6.92 Å². The summed E-state index contributed by atoms with van der Waals surface area (Å²) in [7, 11) is 0. The maximum Gasteiger partial charge on any atom is 0.275 e. The number of hydrogen-bond donors (Lipinski definition) is 1. The molecule has 7 nitrogen and oxygen atoms in total. The Bertz CT molecular complexity index is 1220. The Morgan fingerprint density at radius 1 is 1.25 bits per heavy atom. The van der Waals surface area contributed by atoms with Crippen LogP contribution >= 0.6 is 0 Å². The van der Waals surface area contributed by atoms with E-state index in [9.17, 15) is 9.59 Å². The second-order valence-electron chi connectivity index (χ2n) is 9.41. The summed E-state index contributed by atoms with van der Waals surface area (Å²) < 4.78 is 9.12. The summed E-state index contributed by atoms with van der Waals surface area (Å²) >= 11 is 0. The standard InChI is InChI=1S/C25H32N4O3/c1-16(2)27-11-6-7-18(27)13-26-24(30)22-14-28(19-10-12-32-15-19)25(31)23-17(3)20-8-4-5-9-21(20)29(22)23/h4-5,8-9,14,16,18-19H,6-7,10-13,15H2,1-3H3,(H,26,30)/t18-,19-/m0/s1. The van der Waals surface area contributed by atoms with Gasteiger partial charge in [0.1, 0.15) is 11.2 Å². The second-order valence-corrected chi connectivity index (χ2v) is 9.41. The maximum atomic E-state index is 13.5. The SMILES string of the molecule is Cc1c2ccccc2n2c(C(=O)NC[C@@H]3CCCN3C(C)C)cn([C@H]3CCOC3)c(=O)c12. The highest BCUT2D eigenvalue weighted by Crippen LogP contribution is 2.27. The molecule has 1 aromatic carbocycles. The van der Waals surface area contributed by atoms with Crippen LogP contribution in [0.25, 0.3) is 16.4 Å². The third-order valence-corrected chi connectivity index (χ3v) is 7.18. The van der Waals surface area contributed by atoms with Crippen molar-refractivity contribution in [3.63, 3.8) is 0 Å². The van der Waals surface area contributed by atoms with E-state index in [2.05, 4.69) is 24.1 Å². The predicted octanol–water partition coefficient (Wildman–Crippen LogP) is 3.13. The molecule has 2 aliphatic rings. The first-order valence-corrected chi connectivity index (χ1v) is 11.7. The number of carbonyl (C=O) groups excluding carboxylic acids is 1. The molecule has 170 valence electrons. The van der Waals surface area contributed by atoms with Gasteiger partial charge in [0, 0.05) is 36.8 Å². The molecule has 4 heterocycles. The minimum absolute atomic E-state index is 0.0391. The van der Waals surface area contributed by atoms with E-state index < -0.39 is 0 Å². The Labute approximate surface area is 188 Å². The molecule has 0 unspecified atom stereocenters. The number of benzene rings is 1. The number of nitrogens with zero attached hydrogens (tertiary/aromatic N) is 3. The lowest BCUT2D eigenvalue weighted by Crippen LogP contribution is -2.43. The van der Waals surface area contributed by atoms with Crippen molar-refractivity contribution < 1.29 is 9.53 Å². The van der Waals surface area contributed by atoms with E-state index in [1.807, 2.05) is 35.6 Å². The number of carbonyl (C=O) groups is 1. The lowest BCUT2D eigenvalue weighted by molar-refractivity contribution is 0.0928. The van der Waals surface area contributed by atoms with Crippen LogP contribution < -0.4 is 10.9 Å². The average molecular weight is 437 g/mol. The van der Waals surface area contributed by atoms with E-state index in [0.717, 1.165) is 42.3 Å². The molecule has 5 rings (SSSR count). The predicted molar refractivity (Wildman–Crippen MR) is 126 cm³/mol. The van der Waals surface area contributed by atoms with Gasteiger partial charge in [0.2, 0.25) is 0 Å². The van der Waals surface area contributed by atoms with Gasteiger partial charge in [-0.25, -0.2) is 0 Å². The van der Waals surface area contributed by atoms with E-state index >= 15 is 0 Å². The fraction of sp³-hybridized carbons (Fsp3) is 0.520. The normalized spacial score (nSPS) is 21.9. The Balaban J connectivity index is 1.59. The minimum Gasteiger partial charge on any atom is -0.379 e. The molecule has 0 radical (unpaired) electrons. The van der Waals surface area contributed by atoms with Gasteiger partial charge in [-0.1, -0.05) is 18.2 Å². The van der Waals surface area contributed by atoms with E-state index in [1.54, 1.807) is 10.8 Å². The van der Waals surface area contributed by atoms with Crippen LogP contribution in [0.3, 0.4) is 0 Å². The van der Waals surface area contributed by atoms with Crippen molar-refractivity contribution in [1.82, 2.24) is 19.2 Å². The average Bonchev–Trinajstić information content (AvgIpc) is 3.53. The van der Waals surface area contributed by atoms with Crippen molar-refractivity contribution in [2.24, 2.45) is 0 Å². The number of para-hydroxylation sites is 1. The van der Waals surface area contributed by atoms with Gasteiger partial charge in [-0.2, -0.15) is 0 Å². The largest absolute Gasteiger partial charge is 0.379 e. The summed E-state index contributed by atoms with van der Waals surface area (Å²) in [5, 5.41) is 4.18. The fourth-order valence-electron chi connectivity index (χ4n) is 5.51. The Kier molecular flexibility index (Phi) is 5.55. The topological polar surface area (TPSA) is 68.0 Å². The number of aromatic nitrogens is 2. The molecule has 2 fully saturated rings. The molecular weight excluding hydrogens is 404 g/mol. The van der Waals surface area contributed by atoms with Crippen LogP contribution in [0.1, 0.15) is 55.2 Å². The molecule has 0 aliphatic carbocycles. The molecule has 2 saturated heterocycles. The first-order valence-electron chi connectivity index (χ1n) is 11.7. The summed E-state index contributed by atoms with van der Waals surface area (Å²) in [6, 6.07) is 8.69. The molecule has 3 aromatic rings. The van der Waals surface area contributed by atoms with Crippen molar-refractivity contribution in [3.05, 3.63) is 52.1 Å². The molecule has 0 saturated carbocycles. The molecule has 2 atom stereocenters. The Hall–Kier alpha value is -2.64. The number of aryl methyl sites for hydroxylation is 1. The van der Waals surface area contributed by atoms with Gasteiger partial charge >= 0.3 is 0 Å². The Morgan fingerprint density at radius 3 is 2.81 bits per heavy atom. The van der Waals surface area contributed by atoms with E-state index in [1.165, 1.54) is 0 Å². The lowest BCUT2D eigenvalue weighted by Gasteiger charge is -2.28. The summed E-state index contributed by atoms with van der Waals surface area (Å²) in [6.45, 7) is 9.21. The van der Waals surface area contributed by atoms with Gasteiger partial charge in [-0.05, 0) is 58.2 Å². The monoisotopic (exact) mass is 436 g/mol. The van der Waals surface area contributed by atoms with E-state index in [0.29, 0.717) is 43.1 Å². The third kappa shape index (κ3) is 3.44. The molecular formula is C25H32N4O3. The summed E-state index contributed by atoms with van der Waals surface area (Å²) in [4.78, 5) is 29.5. The summed E-state index contributed by atoms with van der Waals surface area (Å²) in [6.07, 6.45) is 4.78. The van der Waals surface area contributed by atoms with Crippen molar-refractivity contribution in [2.75, 3.05) is 26.3 Å². The molecule has 32 heavy (non-hydrogen) atoms. The zero-order valence-electron chi connectivity index (χ0n) is 19.1. The molecule has 0 spiro atoms. The van der Waals surface area contributed by atoms with Crippen LogP contribution in [0.15, 0.2) is 35.3 Å². The second kappa shape index (κ2) is 8.37. The molecule has 1 N–H and O–H groups in total. The highest BCUT2D eigenvalue weighted by Gasteiger charge is 2.29. The number of rotatable bonds is 5. The molecule has 1 amide bonds. The fourth-order valence-corrected chi connectivity index (χ4v) is 5.51. The summed E-state index contributed by atoms with van der Waals surface area (Å²) in [5.74, 6) is -0.140. The summed E-state index contributed by atoms with van der Waals surface area (Å²) in [5.41, 5.74) is 2.82. The third-order valence-electron chi connectivity index (χ3n) is 7.18. The van der Waals surface area contributed by atoms with E-state index in [4.69, 9.17) is 4.74 Å². The molecule has 7 heteroatoms. The number of nitrogens with one attached hydrogen (secondary N) is 1. The Morgan fingerprint density at radius 2 is 2.06 bits per heavy atom. The molecule has 2 aromatic heterocycles. The minimum atomic E-state index is -0.140. The number of hydrogen-bond acceptors (Lipinski definition) is 4. The quantitative estimate of drug-likeness (QED) is 0.667. The first kappa shape index (κ1) is 21.2. The number of likely N-dealkylation sites (tertiary alicyclic amines) is 1. The zero-order chi connectivity index (χ0) is 22.4. The van der Waals surface area contributed by atoms with Crippen LogP contribution in [0.2, 0.25) is 0 Å². The van der Waals surface area contributed by atoms with Crippen molar-refractivity contribution in [1.29, 1.82) is 0 Å². The van der Waals surface area contributed by atoms with Gasteiger partial charge in [0.25, 0.3) is 11.5 Å². The van der Waals surface area contributed by atoms with Crippen LogP contribution in [0.4, 0.5) is 0 Å². The van der Waals surface area contributed by atoms with E-state index in [-0.39, 0.29) is 17.5 Å². The van der Waals surface area contributed by atoms with Crippen LogP contribution in [-0.4, -0.2) is 58.2 Å². The first-order chi connectivity index (χ1) is 15.5. The molecule has 2 aliphatic heterocycles. The highest BCUT2D eigenvalue weighted by atomic mass is 16.5. The van der Waals surface area contributed by atoms with Crippen LogP contribution in [0.5, 0.6) is 0 Å². The van der Waals surface area contributed by atoms with Crippen molar-refractivity contribution in [2.45, 2.75) is 58.2 Å². The van der Waals surface area contributed by atoms with Gasteiger partial charge < -0.3 is 14.6 Å². The maximum absolute atomic E-state index is 13.5. The van der Waals surface area contributed by atoms with Gasteiger partial charge in [0.15, 0.2) is 0 Å². The van der Waals surface area contributed by atoms with Crippen LogP contribution in [-0.2, 0) is 4.74 Å². The zero-order valence-corrected chi connectivity index (χ0v) is 19.1. The molecule has 0 bridgehead atoms. The highest BCUT2D eigenvalue weighted by molar-refractivity contribution is 5.99.